The molecule has 1 aliphatic heterocycles. The topological polar surface area (TPSA) is 83.6 Å². The molecule has 1 atom stereocenters. The largest absolute Gasteiger partial charge is 0.373 e. The van der Waals surface area contributed by atoms with Crippen molar-refractivity contribution in [1.29, 1.82) is 0 Å². The van der Waals surface area contributed by atoms with E-state index in [1.165, 1.54) is 0 Å². The molecule has 0 radical (unpaired) electrons. The standard InChI is InChI=1S/C18H23ClN2O3/c19-15-8-5-4-7-13(15)11-14-12-17(23)21(18(14)24)16(22)9-3-1-2-6-10-20/h4-5,7-8,11,16,22H,1-3,6,9-10,12,20H2/b14-11+. The first-order valence-electron chi connectivity index (χ1n) is 8.24. The number of aliphatic hydroxyl groups excluding tert-OH is 1. The second-order valence-corrected chi connectivity index (χ2v) is 6.32. The summed E-state index contributed by atoms with van der Waals surface area (Å²) in [5, 5.41) is 10.7. The smallest absolute Gasteiger partial charge is 0.259 e. The Morgan fingerprint density at radius 3 is 2.62 bits per heavy atom. The van der Waals surface area contributed by atoms with Gasteiger partial charge in [-0.05, 0) is 43.5 Å². The van der Waals surface area contributed by atoms with Crippen molar-refractivity contribution < 1.29 is 14.7 Å². The average Bonchev–Trinajstić information content (AvgIpc) is 2.83. The molecule has 1 saturated heterocycles. The van der Waals surface area contributed by atoms with Gasteiger partial charge in [-0.15, -0.1) is 0 Å². The van der Waals surface area contributed by atoms with Gasteiger partial charge in [0.25, 0.3) is 5.91 Å². The maximum Gasteiger partial charge on any atom is 0.259 e. The zero-order valence-electron chi connectivity index (χ0n) is 13.6. The Morgan fingerprint density at radius 2 is 1.92 bits per heavy atom. The molecule has 0 spiro atoms. The molecule has 1 aromatic carbocycles. The van der Waals surface area contributed by atoms with Gasteiger partial charge in [0.05, 0.1) is 6.42 Å². The number of nitrogens with two attached hydrogens (primary N) is 1. The molecule has 2 amide bonds. The Kier molecular flexibility index (Phi) is 6.97. The van der Waals surface area contributed by atoms with Crippen LogP contribution in [0.25, 0.3) is 6.08 Å². The first-order valence-corrected chi connectivity index (χ1v) is 8.62. The summed E-state index contributed by atoms with van der Waals surface area (Å²) in [6, 6.07) is 7.12. The van der Waals surface area contributed by atoms with Crippen LogP contribution >= 0.6 is 11.6 Å². The molecule has 1 unspecified atom stereocenters. The third kappa shape index (κ3) is 4.66. The van der Waals surface area contributed by atoms with Gasteiger partial charge in [0.15, 0.2) is 0 Å². The van der Waals surface area contributed by atoms with E-state index < -0.39 is 12.1 Å². The van der Waals surface area contributed by atoms with Crippen molar-refractivity contribution >= 4 is 29.5 Å². The predicted octanol–water partition coefficient (Wildman–Crippen LogP) is 2.71. The molecule has 3 N–H and O–H groups in total. The van der Waals surface area contributed by atoms with E-state index in [2.05, 4.69) is 0 Å². The normalized spacial score (nSPS) is 17.8. The van der Waals surface area contributed by atoms with E-state index in [-0.39, 0.29) is 12.3 Å². The molecular weight excluding hydrogens is 328 g/mol. The van der Waals surface area contributed by atoms with Crippen LogP contribution in [0.2, 0.25) is 5.02 Å². The molecular formula is C18H23ClN2O3. The lowest BCUT2D eigenvalue weighted by atomic mass is 10.1. The van der Waals surface area contributed by atoms with Gasteiger partial charge >= 0.3 is 0 Å². The number of hydrogen-bond acceptors (Lipinski definition) is 4. The van der Waals surface area contributed by atoms with Crippen LogP contribution in [0.15, 0.2) is 29.8 Å². The summed E-state index contributed by atoms with van der Waals surface area (Å²) in [4.78, 5) is 25.5. The monoisotopic (exact) mass is 350 g/mol. The highest BCUT2D eigenvalue weighted by atomic mass is 35.5. The molecule has 5 nitrogen and oxygen atoms in total. The van der Waals surface area contributed by atoms with E-state index in [0.717, 1.165) is 30.6 Å². The van der Waals surface area contributed by atoms with Crippen molar-refractivity contribution in [1.82, 2.24) is 4.90 Å². The number of amides is 2. The van der Waals surface area contributed by atoms with Crippen LogP contribution in [0.3, 0.4) is 0 Å². The van der Waals surface area contributed by atoms with Crippen LogP contribution in [0.1, 0.15) is 44.1 Å². The van der Waals surface area contributed by atoms with E-state index in [9.17, 15) is 14.7 Å². The van der Waals surface area contributed by atoms with Gasteiger partial charge in [-0.3, -0.25) is 14.5 Å². The Hall–Kier alpha value is -1.69. The molecule has 24 heavy (non-hydrogen) atoms. The zero-order valence-corrected chi connectivity index (χ0v) is 14.3. The SMILES string of the molecule is NCCCCCCC(O)N1C(=O)C/C(=C\c2ccccc2Cl)C1=O. The second-order valence-electron chi connectivity index (χ2n) is 5.91. The average molecular weight is 351 g/mol. The van der Waals surface area contributed by atoms with Gasteiger partial charge < -0.3 is 10.8 Å². The number of unbranched alkanes of at least 4 members (excludes halogenated alkanes) is 3. The Labute approximate surface area is 147 Å². The van der Waals surface area contributed by atoms with Crippen molar-refractivity contribution in [2.24, 2.45) is 5.73 Å². The summed E-state index contributed by atoms with van der Waals surface area (Å²) >= 11 is 6.08. The lowest BCUT2D eigenvalue weighted by Gasteiger charge is -2.20. The van der Waals surface area contributed by atoms with Gasteiger partial charge in [0.2, 0.25) is 5.91 Å². The van der Waals surface area contributed by atoms with Crippen LogP contribution in [0, 0.1) is 0 Å². The molecule has 0 saturated carbocycles. The number of rotatable bonds is 8. The van der Waals surface area contributed by atoms with Gasteiger partial charge in [0.1, 0.15) is 6.23 Å². The second kappa shape index (κ2) is 8.97. The van der Waals surface area contributed by atoms with E-state index in [0.29, 0.717) is 29.1 Å². The van der Waals surface area contributed by atoms with Crippen molar-refractivity contribution in [2.45, 2.75) is 44.8 Å². The number of carbonyl (C=O) groups is 2. The fourth-order valence-corrected chi connectivity index (χ4v) is 2.93. The van der Waals surface area contributed by atoms with Crippen LogP contribution in [0.5, 0.6) is 0 Å². The van der Waals surface area contributed by atoms with Gasteiger partial charge in [-0.1, -0.05) is 42.6 Å². The van der Waals surface area contributed by atoms with Gasteiger partial charge in [-0.25, -0.2) is 0 Å². The first kappa shape index (κ1) is 18.6. The number of benzene rings is 1. The Morgan fingerprint density at radius 1 is 1.21 bits per heavy atom. The van der Waals surface area contributed by atoms with Crippen molar-refractivity contribution in [3.63, 3.8) is 0 Å². The highest BCUT2D eigenvalue weighted by molar-refractivity contribution is 6.32. The summed E-state index contributed by atoms with van der Waals surface area (Å²) in [6.07, 6.45) is 4.55. The minimum Gasteiger partial charge on any atom is -0.373 e. The molecule has 130 valence electrons. The Bertz CT molecular complexity index is 630. The van der Waals surface area contributed by atoms with Crippen LogP contribution in [-0.2, 0) is 9.59 Å². The van der Waals surface area contributed by atoms with Gasteiger partial charge in [0, 0.05) is 10.6 Å². The number of hydrogen-bond donors (Lipinski definition) is 2. The van der Waals surface area contributed by atoms with Crippen molar-refractivity contribution in [3.8, 4) is 0 Å². The fourth-order valence-electron chi connectivity index (χ4n) is 2.74. The molecule has 1 aromatic rings. The number of aliphatic hydroxyl groups is 1. The van der Waals surface area contributed by atoms with Crippen molar-refractivity contribution in [2.75, 3.05) is 6.54 Å². The number of imide groups is 1. The van der Waals surface area contributed by atoms with E-state index in [1.54, 1.807) is 24.3 Å². The molecule has 1 heterocycles. The molecule has 0 aliphatic carbocycles. The number of nitrogens with zero attached hydrogens (tertiary/aromatic N) is 1. The molecule has 0 bridgehead atoms. The molecule has 6 heteroatoms. The zero-order chi connectivity index (χ0) is 17.5. The highest BCUT2D eigenvalue weighted by Crippen LogP contribution is 2.26. The molecule has 1 aliphatic rings. The predicted molar refractivity (Wildman–Crippen MR) is 94.0 cm³/mol. The maximum atomic E-state index is 12.4. The molecule has 2 rings (SSSR count). The third-order valence-corrected chi connectivity index (χ3v) is 4.40. The lowest BCUT2D eigenvalue weighted by molar-refractivity contribution is -0.148. The van der Waals surface area contributed by atoms with Crippen molar-refractivity contribution in [3.05, 3.63) is 40.4 Å². The highest BCUT2D eigenvalue weighted by Gasteiger charge is 2.37. The maximum absolute atomic E-state index is 12.4. The minimum absolute atomic E-state index is 0.00566. The van der Waals surface area contributed by atoms with Crippen LogP contribution < -0.4 is 5.73 Å². The summed E-state index contributed by atoms with van der Waals surface area (Å²) in [5.74, 6) is -0.804. The summed E-state index contributed by atoms with van der Waals surface area (Å²) in [7, 11) is 0. The molecule has 0 aromatic heterocycles. The number of likely N-dealkylation sites (tertiary alicyclic amines) is 1. The lowest BCUT2D eigenvalue weighted by Crippen LogP contribution is -2.39. The first-order chi connectivity index (χ1) is 11.5. The van der Waals surface area contributed by atoms with Crippen LogP contribution in [0.4, 0.5) is 0 Å². The summed E-state index contributed by atoms with van der Waals surface area (Å²) in [5.41, 5.74) is 6.48. The fraction of sp³-hybridized carbons (Fsp3) is 0.444. The minimum atomic E-state index is -1.07. The Balaban J connectivity index is 1.99. The number of carbonyl (C=O) groups excluding carboxylic acids is 2. The molecule has 1 fully saturated rings. The third-order valence-electron chi connectivity index (χ3n) is 4.05. The quantitative estimate of drug-likeness (QED) is 0.429. The van der Waals surface area contributed by atoms with E-state index in [1.807, 2.05) is 6.07 Å². The van der Waals surface area contributed by atoms with E-state index in [4.69, 9.17) is 17.3 Å². The summed E-state index contributed by atoms with van der Waals surface area (Å²) in [6.45, 7) is 0.655. The summed E-state index contributed by atoms with van der Waals surface area (Å²) < 4.78 is 0. The van der Waals surface area contributed by atoms with Gasteiger partial charge in [-0.2, -0.15) is 0 Å². The van der Waals surface area contributed by atoms with E-state index >= 15 is 0 Å². The van der Waals surface area contributed by atoms with Crippen LogP contribution in [-0.4, -0.2) is 34.6 Å². The number of halogens is 1.